The van der Waals surface area contributed by atoms with E-state index in [0.29, 0.717) is 0 Å². The lowest BCUT2D eigenvalue weighted by Gasteiger charge is -2.09. The number of ketones is 1. The van der Waals surface area contributed by atoms with E-state index in [2.05, 4.69) is 18.2 Å². The molecule has 6 heteroatoms. The monoisotopic (exact) mass is 459 g/mol. The third kappa shape index (κ3) is 4.63. The lowest BCUT2D eigenvalue weighted by Crippen LogP contribution is -2.16. The molecule has 2 aromatic heterocycles. The Hall–Kier alpha value is -3.77. The molecule has 0 spiro atoms. The Bertz CT molecular complexity index is 1400. The molecule has 4 rings (SSSR count). The van der Waals surface area contributed by atoms with E-state index in [1.807, 2.05) is 36.5 Å². The first kappa shape index (κ1) is 23.4. The number of aliphatic hydroxyl groups is 1. The van der Waals surface area contributed by atoms with E-state index in [1.165, 1.54) is 18.2 Å². The van der Waals surface area contributed by atoms with Crippen LogP contribution in [0.4, 0.5) is 4.39 Å². The molecular weight excluding hydrogens is 433 g/mol. The number of fused-ring (bicyclic) bond motifs is 3. The molecule has 174 valence electrons. The topological polar surface area (TPSA) is 79.0 Å². The van der Waals surface area contributed by atoms with Crippen molar-refractivity contribution in [2.45, 2.75) is 38.7 Å². The van der Waals surface area contributed by atoms with Crippen LogP contribution in [0.5, 0.6) is 0 Å². The second kappa shape index (κ2) is 9.61. The number of carbonyl (C=O) groups is 2. The van der Waals surface area contributed by atoms with Crippen LogP contribution in [0.15, 0.2) is 66.9 Å². The van der Waals surface area contributed by atoms with Crippen molar-refractivity contribution in [2.24, 2.45) is 0 Å². The largest absolute Gasteiger partial charge is 0.481 e. The fraction of sp³-hybridized carbons (Fsp3) is 0.214. The average molecular weight is 460 g/mol. The van der Waals surface area contributed by atoms with Gasteiger partial charge in [0, 0.05) is 34.8 Å². The van der Waals surface area contributed by atoms with Crippen LogP contribution in [0, 0.1) is 5.82 Å². The van der Waals surface area contributed by atoms with Gasteiger partial charge in [-0.3, -0.25) is 9.59 Å². The van der Waals surface area contributed by atoms with E-state index in [4.69, 9.17) is 5.11 Å². The predicted molar refractivity (Wildman–Crippen MR) is 131 cm³/mol. The van der Waals surface area contributed by atoms with E-state index in [0.717, 1.165) is 38.7 Å². The third-order valence-corrected chi connectivity index (χ3v) is 5.86. The summed E-state index contributed by atoms with van der Waals surface area (Å²) in [6, 6.07) is 16.4. The quantitative estimate of drug-likeness (QED) is 0.325. The summed E-state index contributed by atoms with van der Waals surface area (Å²) in [6.45, 7) is 4.14. The van der Waals surface area contributed by atoms with Crippen molar-refractivity contribution in [3.05, 3.63) is 83.9 Å². The van der Waals surface area contributed by atoms with Gasteiger partial charge in [-0.2, -0.15) is 0 Å². The zero-order chi connectivity index (χ0) is 24.4. The van der Waals surface area contributed by atoms with Crippen LogP contribution in [-0.4, -0.2) is 32.5 Å². The normalized spacial score (nSPS) is 12.7. The number of halogens is 1. The van der Waals surface area contributed by atoms with Crippen LogP contribution in [0.3, 0.4) is 0 Å². The molecule has 0 fully saturated rings. The molecule has 0 aliphatic rings. The van der Waals surface area contributed by atoms with Gasteiger partial charge >= 0.3 is 5.97 Å². The highest BCUT2D eigenvalue weighted by molar-refractivity contribution is 6.07. The van der Waals surface area contributed by atoms with Crippen molar-refractivity contribution < 1.29 is 24.2 Å². The summed E-state index contributed by atoms with van der Waals surface area (Å²) in [5.41, 5.74) is 4.50. The van der Waals surface area contributed by atoms with Crippen LogP contribution >= 0.6 is 0 Å². The Kier molecular flexibility index (Phi) is 6.61. The number of hydrogen-bond acceptors (Lipinski definition) is 3. The number of pyridine rings is 1. The first-order chi connectivity index (χ1) is 16.3. The third-order valence-electron chi connectivity index (χ3n) is 5.86. The lowest BCUT2D eigenvalue weighted by molar-refractivity contribution is -0.139. The number of aliphatic carboxylic acids is 1. The Morgan fingerprint density at radius 1 is 1.03 bits per heavy atom. The zero-order valence-corrected chi connectivity index (χ0v) is 19.0. The van der Waals surface area contributed by atoms with E-state index < -0.39 is 18.5 Å². The molecule has 0 saturated heterocycles. The number of aliphatic hydroxyl groups excluding tert-OH is 1. The van der Waals surface area contributed by atoms with Crippen LogP contribution in [0.2, 0.25) is 0 Å². The SMILES string of the molecule is CC(C)c1c(/C=C/C(=O)CC(O)CC(=O)O)c(-c2ccc(F)cc2)c2c3ccccc3ccn12. The van der Waals surface area contributed by atoms with Crippen LogP contribution in [0.25, 0.3) is 33.5 Å². The van der Waals surface area contributed by atoms with Crippen molar-refractivity contribution in [1.29, 1.82) is 0 Å². The standard InChI is InChI=1S/C28H26FNO4/c1-17(2)27-24(12-11-21(31)15-22(32)16-25(33)34)26(19-7-9-20(29)10-8-19)28-23-6-4-3-5-18(23)13-14-30(27)28/h3-14,17,22,32H,15-16H2,1-2H3,(H,33,34)/b12-11+. The van der Waals surface area contributed by atoms with Gasteiger partial charge in [-0.05, 0) is 47.2 Å². The van der Waals surface area contributed by atoms with Gasteiger partial charge in [0.15, 0.2) is 5.78 Å². The van der Waals surface area contributed by atoms with Gasteiger partial charge in [0.25, 0.3) is 0 Å². The molecule has 1 atom stereocenters. The summed E-state index contributed by atoms with van der Waals surface area (Å²) in [6.07, 6.45) is 3.12. The Labute approximate surface area is 196 Å². The number of allylic oxidation sites excluding steroid dienone is 1. The minimum atomic E-state index is -1.24. The van der Waals surface area contributed by atoms with Gasteiger partial charge < -0.3 is 14.6 Å². The molecule has 0 aliphatic carbocycles. The zero-order valence-electron chi connectivity index (χ0n) is 19.0. The molecule has 2 heterocycles. The van der Waals surface area contributed by atoms with E-state index in [-0.39, 0.29) is 23.9 Å². The molecule has 0 saturated carbocycles. The van der Waals surface area contributed by atoms with E-state index >= 15 is 0 Å². The second-order valence-corrected chi connectivity index (χ2v) is 8.71. The van der Waals surface area contributed by atoms with Gasteiger partial charge in [0.2, 0.25) is 0 Å². The first-order valence-corrected chi connectivity index (χ1v) is 11.2. The molecule has 0 amide bonds. The summed E-state index contributed by atoms with van der Waals surface area (Å²) in [4.78, 5) is 23.3. The Morgan fingerprint density at radius 2 is 1.74 bits per heavy atom. The summed E-state index contributed by atoms with van der Waals surface area (Å²) < 4.78 is 15.9. The fourth-order valence-electron chi connectivity index (χ4n) is 4.48. The van der Waals surface area contributed by atoms with Crippen molar-refractivity contribution in [3.63, 3.8) is 0 Å². The van der Waals surface area contributed by atoms with Gasteiger partial charge in [0.1, 0.15) is 5.82 Å². The van der Waals surface area contributed by atoms with Gasteiger partial charge in [-0.25, -0.2) is 4.39 Å². The van der Waals surface area contributed by atoms with Crippen LogP contribution < -0.4 is 0 Å². The number of rotatable bonds is 8. The summed E-state index contributed by atoms with van der Waals surface area (Å²) in [7, 11) is 0. The highest BCUT2D eigenvalue weighted by Crippen LogP contribution is 2.40. The molecule has 0 bridgehead atoms. The van der Waals surface area contributed by atoms with Crippen LogP contribution in [0.1, 0.15) is 43.9 Å². The molecule has 5 nitrogen and oxygen atoms in total. The van der Waals surface area contributed by atoms with Crippen molar-refractivity contribution >= 4 is 34.1 Å². The predicted octanol–water partition coefficient (Wildman–Crippen LogP) is 5.83. The van der Waals surface area contributed by atoms with E-state index in [9.17, 15) is 19.1 Å². The molecule has 1 unspecified atom stereocenters. The molecule has 0 radical (unpaired) electrons. The Morgan fingerprint density at radius 3 is 2.41 bits per heavy atom. The molecular formula is C28H26FNO4. The number of hydrogen-bond donors (Lipinski definition) is 2. The minimum Gasteiger partial charge on any atom is -0.481 e. The van der Waals surface area contributed by atoms with Crippen LogP contribution in [-0.2, 0) is 9.59 Å². The minimum absolute atomic E-state index is 0.107. The molecule has 0 aliphatic heterocycles. The average Bonchev–Trinajstić information content (AvgIpc) is 3.12. The van der Waals surface area contributed by atoms with Gasteiger partial charge in [-0.1, -0.05) is 50.2 Å². The Balaban J connectivity index is 1.94. The van der Waals surface area contributed by atoms with E-state index in [1.54, 1.807) is 18.2 Å². The number of nitrogens with zero attached hydrogens (tertiary/aromatic N) is 1. The molecule has 2 aromatic carbocycles. The van der Waals surface area contributed by atoms with Crippen molar-refractivity contribution in [1.82, 2.24) is 4.40 Å². The summed E-state index contributed by atoms with van der Waals surface area (Å²) >= 11 is 0. The number of aromatic nitrogens is 1. The lowest BCUT2D eigenvalue weighted by atomic mass is 9.95. The molecule has 2 N–H and O–H groups in total. The molecule has 34 heavy (non-hydrogen) atoms. The highest BCUT2D eigenvalue weighted by Gasteiger charge is 2.22. The second-order valence-electron chi connectivity index (χ2n) is 8.71. The number of carbonyl (C=O) groups excluding carboxylic acids is 1. The maximum Gasteiger partial charge on any atom is 0.305 e. The highest BCUT2D eigenvalue weighted by atomic mass is 19.1. The van der Waals surface area contributed by atoms with Crippen molar-refractivity contribution in [3.8, 4) is 11.1 Å². The smallest absolute Gasteiger partial charge is 0.305 e. The number of carboxylic acid groups (broad SMARTS) is 1. The maximum atomic E-state index is 13.7. The summed E-state index contributed by atoms with van der Waals surface area (Å²) in [5.74, 6) is -1.75. The molecule has 4 aromatic rings. The first-order valence-electron chi connectivity index (χ1n) is 11.2. The van der Waals surface area contributed by atoms with Crippen molar-refractivity contribution in [2.75, 3.05) is 0 Å². The number of carboxylic acids is 1. The van der Waals surface area contributed by atoms with Gasteiger partial charge in [0.05, 0.1) is 18.0 Å². The maximum absolute atomic E-state index is 13.7. The van der Waals surface area contributed by atoms with Gasteiger partial charge in [-0.15, -0.1) is 0 Å². The number of benzene rings is 2. The summed E-state index contributed by atoms with van der Waals surface area (Å²) in [5, 5.41) is 20.8. The fourth-order valence-corrected chi connectivity index (χ4v) is 4.48.